The van der Waals surface area contributed by atoms with Crippen molar-refractivity contribution < 1.29 is 21.4 Å². The average molecular weight is 462 g/mol. The van der Waals surface area contributed by atoms with Gasteiger partial charge in [-0.3, -0.25) is 0 Å². The molecule has 0 spiro atoms. The Morgan fingerprint density at radius 2 is 1.64 bits per heavy atom. The maximum atomic E-state index is 2.61. The van der Waals surface area contributed by atoms with Gasteiger partial charge in [0.1, 0.15) is 0 Å². The number of benzene rings is 1. The van der Waals surface area contributed by atoms with Gasteiger partial charge in [0, 0.05) is 0 Å². The quantitative estimate of drug-likeness (QED) is 0.461. The van der Waals surface area contributed by atoms with E-state index < -0.39 is 21.4 Å². The first-order valence-corrected chi connectivity index (χ1v) is 17.7. The molecule has 1 atom stereocenters. The summed E-state index contributed by atoms with van der Waals surface area (Å²) in [6, 6.07) is 5.14. The summed E-state index contributed by atoms with van der Waals surface area (Å²) in [6.45, 7) is 12.1. The Morgan fingerprint density at radius 3 is 2.18 bits per heavy atom. The summed E-state index contributed by atoms with van der Waals surface area (Å²) in [6.07, 6.45) is 8.88. The van der Waals surface area contributed by atoms with E-state index in [4.69, 9.17) is 0 Å². The molecule has 1 unspecified atom stereocenters. The van der Waals surface area contributed by atoms with Gasteiger partial charge >= 0.3 is 145 Å². The zero-order valence-corrected chi connectivity index (χ0v) is 19.0. The molecule has 0 N–H and O–H groups in total. The van der Waals surface area contributed by atoms with Crippen molar-refractivity contribution in [1.29, 1.82) is 0 Å². The molecule has 0 amide bonds. The topological polar surface area (TPSA) is 0 Å². The zero-order chi connectivity index (χ0) is 16.3. The first-order valence-electron chi connectivity index (χ1n) is 8.69. The molecule has 2 aliphatic rings. The van der Waals surface area contributed by atoms with Crippen LogP contribution in [0.15, 0.2) is 18.2 Å². The number of hydrogen-bond donors (Lipinski definition) is 0. The number of hydrogen-bond acceptors (Lipinski definition) is 0. The number of fused-ring (bicyclic) bond motifs is 2. The fraction of sp³-hybridized carbons (Fsp3) is 0.619. The molecule has 0 aliphatic heterocycles. The van der Waals surface area contributed by atoms with Crippen molar-refractivity contribution in [2.24, 2.45) is 10.8 Å². The van der Waals surface area contributed by atoms with E-state index in [2.05, 4.69) is 68.3 Å². The Balaban J connectivity index is 2.09. The summed E-state index contributed by atoms with van der Waals surface area (Å²) in [7, 11) is 0. The fourth-order valence-electron chi connectivity index (χ4n) is 4.58. The SMILES string of the molecule is [CH3][Hf]([CH3])[C]1(CC(C)(C)C)C=Cc2cc3c(cc21)CC(C)(C)C3. The van der Waals surface area contributed by atoms with Gasteiger partial charge in [-0.2, -0.15) is 0 Å². The van der Waals surface area contributed by atoms with E-state index in [-0.39, 0.29) is 0 Å². The Hall–Kier alpha value is -0.170. The van der Waals surface area contributed by atoms with Crippen molar-refractivity contribution in [1.82, 2.24) is 0 Å². The van der Waals surface area contributed by atoms with Crippen LogP contribution < -0.4 is 0 Å². The molecule has 119 valence electrons. The van der Waals surface area contributed by atoms with Crippen LogP contribution in [0, 0.1) is 10.8 Å². The fourth-order valence-corrected chi connectivity index (χ4v) is 12.0. The van der Waals surface area contributed by atoms with Crippen molar-refractivity contribution >= 4 is 6.08 Å². The average Bonchev–Trinajstić information content (AvgIpc) is 2.81. The molecule has 0 radical (unpaired) electrons. The van der Waals surface area contributed by atoms with Gasteiger partial charge < -0.3 is 0 Å². The molecular formula is C21H31Hf. The summed E-state index contributed by atoms with van der Waals surface area (Å²) in [5, 5.41) is 0. The van der Waals surface area contributed by atoms with Gasteiger partial charge in [0.2, 0.25) is 0 Å². The second-order valence-electron chi connectivity index (χ2n) is 9.77. The second-order valence-corrected chi connectivity index (χ2v) is 20.2. The van der Waals surface area contributed by atoms with Crippen molar-refractivity contribution in [3.05, 3.63) is 40.5 Å². The van der Waals surface area contributed by atoms with Crippen LogP contribution in [0.3, 0.4) is 0 Å². The van der Waals surface area contributed by atoms with Crippen molar-refractivity contribution in [3.63, 3.8) is 0 Å². The standard InChI is InChI=1S/C19H25.2CH3.Hf/c1-18(2,3)10-14-7-6-13-8-15-11-19(4,5)12-16(15)9-17(13)14;;;/h6-9H,10-12H2,1-5H3;2*1H3;. The van der Waals surface area contributed by atoms with Gasteiger partial charge in [0.05, 0.1) is 0 Å². The zero-order valence-electron chi connectivity index (χ0n) is 15.4. The molecular weight excluding hydrogens is 431 g/mol. The predicted molar refractivity (Wildman–Crippen MR) is 94.1 cm³/mol. The van der Waals surface area contributed by atoms with Crippen molar-refractivity contribution in [2.75, 3.05) is 0 Å². The first-order chi connectivity index (χ1) is 10.0. The monoisotopic (exact) mass is 463 g/mol. The van der Waals surface area contributed by atoms with E-state index >= 15 is 0 Å². The maximum absolute atomic E-state index is 2.61. The normalized spacial score (nSPS) is 25.2. The number of allylic oxidation sites excluding steroid dienone is 1. The Morgan fingerprint density at radius 1 is 1.05 bits per heavy atom. The molecule has 0 bridgehead atoms. The van der Waals surface area contributed by atoms with Gasteiger partial charge in [-0.05, 0) is 0 Å². The minimum absolute atomic E-state index is 0.395. The van der Waals surface area contributed by atoms with Gasteiger partial charge in [-0.15, -0.1) is 0 Å². The van der Waals surface area contributed by atoms with E-state index in [1.54, 1.807) is 16.7 Å². The molecule has 22 heavy (non-hydrogen) atoms. The van der Waals surface area contributed by atoms with Crippen LogP contribution in [0.4, 0.5) is 0 Å². The van der Waals surface area contributed by atoms with E-state index in [0.717, 1.165) is 0 Å². The van der Waals surface area contributed by atoms with Crippen molar-refractivity contribution in [3.8, 4) is 0 Å². The molecule has 1 aromatic carbocycles. The summed E-state index contributed by atoms with van der Waals surface area (Å²) in [5.41, 5.74) is 7.32. The second kappa shape index (κ2) is 5.16. The van der Waals surface area contributed by atoms with Gasteiger partial charge in [-0.25, -0.2) is 0 Å². The van der Waals surface area contributed by atoms with E-state index in [0.29, 0.717) is 14.0 Å². The summed E-state index contributed by atoms with van der Waals surface area (Å²) >= 11 is -1.63. The third-order valence-electron chi connectivity index (χ3n) is 5.44. The molecule has 0 aromatic heterocycles. The molecule has 2 aliphatic carbocycles. The summed E-state index contributed by atoms with van der Waals surface area (Å²) in [4.78, 5) is 0. The molecule has 3 rings (SSSR count). The van der Waals surface area contributed by atoms with Crippen LogP contribution in [-0.4, -0.2) is 0 Å². The van der Waals surface area contributed by atoms with Crippen LogP contribution in [0.5, 0.6) is 0 Å². The van der Waals surface area contributed by atoms with Crippen LogP contribution in [0.25, 0.3) is 6.08 Å². The molecule has 0 nitrogen and oxygen atoms in total. The molecule has 0 heterocycles. The third kappa shape index (κ3) is 2.83. The Bertz CT molecular complexity index is 628. The molecule has 1 heteroatoms. The van der Waals surface area contributed by atoms with Gasteiger partial charge in [-0.1, -0.05) is 0 Å². The van der Waals surface area contributed by atoms with Crippen LogP contribution >= 0.6 is 0 Å². The van der Waals surface area contributed by atoms with Gasteiger partial charge in [0.25, 0.3) is 0 Å². The van der Waals surface area contributed by atoms with Crippen LogP contribution in [0.1, 0.15) is 63.3 Å². The Kier molecular flexibility index (Phi) is 3.91. The van der Waals surface area contributed by atoms with Gasteiger partial charge in [0.15, 0.2) is 0 Å². The van der Waals surface area contributed by atoms with Crippen molar-refractivity contribution in [2.45, 2.75) is 66.4 Å². The third-order valence-corrected chi connectivity index (χ3v) is 14.1. The number of rotatable bonds is 2. The van der Waals surface area contributed by atoms with Crippen LogP contribution in [0.2, 0.25) is 9.36 Å². The van der Waals surface area contributed by atoms with E-state index in [1.165, 1.54) is 24.8 Å². The predicted octanol–water partition coefficient (Wildman–Crippen LogP) is 6.18. The summed E-state index contributed by atoms with van der Waals surface area (Å²) in [5.74, 6) is 0. The molecule has 0 fully saturated rings. The Labute approximate surface area is 144 Å². The molecule has 0 saturated heterocycles. The van der Waals surface area contributed by atoms with Crippen LogP contribution in [-0.2, 0) is 37.5 Å². The molecule has 1 aromatic rings. The van der Waals surface area contributed by atoms with E-state index in [9.17, 15) is 0 Å². The summed E-state index contributed by atoms with van der Waals surface area (Å²) < 4.78 is 5.64. The first kappa shape index (κ1) is 16.7. The minimum atomic E-state index is -1.63. The molecule has 0 saturated carbocycles. The van der Waals surface area contributed by atoms with E-state index in [1.807, 2.05) is 0 Å².